The lowest BCUT2D eigenvalue weighted by atomic mass is 10.1. The number of aryl methyl sites for hydroxylation is 1. The number of hydrogen-bond acceptors (Lipinski definition) is 4. The van der Waals surface area contributed by atoms with Gasteiger partial charge in [0, 0.05) is 12.6 Å². The average Bonchev–Trinajstić information content (AvgIpc) is 2.27. The number of nitrogens with zero attached hydrogens (tertiary/aromatic N) is 2. The molecule has 0 aromatic carbocycles. The lowest BCUT2D eigenvalue weighted by Gasteiger charge is -2.05. The molecule has 4 heteroatoms. The average molecular weight is 222 g/mol. The number of carbonyl (C=O) groups excluding carboxylic acids is 1. The monoisotopic (exact) mass is 222 g/mol. The summed E-state index contributed by atoms with van der Waals surface area (Å²) in [7, 11) is 0. The Morgan fingerprint density at radius 3 is 2.88 bits per heavy atom. The molecule has 0 unspecified atom stereocenters. The zero-order valence-corrected chi connectivity index (χ0v) is 10.1. The van der Waals surface area contributed by atoms with Crippen molar-refractivity contribution >= 4 is 5.97 Å². The van der Waals surface area contributed by atoms with Crippen molar-refractivity contribution in [1.29, 1.82) is 0 Å². The first-order valence-electron chi connectivity index (χ1n) is 5.62. The standard InChI is InChI=1S/C12H18N2O2/c1-4-16-12(15)10-7-8-13-11(14-10)6-5-9(2)3/h7-9H,4-6H2,1-3H3. The summed E-state index contributed by atoms with van der Waals surface area (Å²) in [6.45, 7) is 6.44. The van der Waals surface area contributed by atoms with Gasteiger partial charge in [-0.15, -0.1) is 0 Å². The summed E-state index contributed by atoms with van der Waals surface area (Å²) in [6, 6.07) is 1.58. The normalized spacial score (nSPS) is 10.5. The van der Waals surface area contributed by atoms with Gasteiger partial charge in [0.2, 0.25) is 0 Å². The third-order valence-corrected chi connectivity index (χ3v) is 2.14. The van der Waals surface area contributed by atoms with Crippen molar-refractivity contribution in [3.63, 3.8) is 0 Å². The summed E-state index contributed by atoms with van der Waals surface area (Å²) in [5, 5.41) is 0. The Morgan fingerprint density at radius 2 is 2.25 bits per heavy atom. The lowest BCUT2D eigenvalue weighted by Crippen LogP contribution is -2.09. The second-order valence-electron chi connectivity index (χ2n) is 4.01. The third kappa shape index (κ3) is 3.96. The van der Waals surface area contributed by atoms with Crippen LogP contribution >= 0.6 is 0 Å². The van der Waals surface area contributed by atoms with Gasteiger partial charge in [-0.3, -0.25) is 0 Å². The quantitative estimate of drug-likeness (QED) is 0.717. The molecule has 0 radical (unpaired) electrons. The van der Waals surface area contributed by atoms with Gasteiger partial charge in [0.05, 0.1) is 6.61 Å². The third-order valence-electron chi connectivity index (χ3n) is 2.14. The molecule has 1 aromatic rings. The van der Waals surface area contributed by atoms with E-state index in [9.17, 15) is 4.79 Å². The Hall–Kier alpha value is -1.45. The molecule has 1 heterocycles. The van der Waals surface area contributed by atoms with Crippen LogP contribution in [0, 0.1) is 5.92 Å². The van der Waals surface area contributed by atoms with E-state index in [2.05, 4.69) is 23.8 Å². The molecule has 1 aromatic heterocycles. The van der Waals surface area contributed by atoms with Crippen LogP contribution in [0.15, 0.2) is 12.3 Å². The van der Waals surface area contributed by atoms with Crippen LogP contribution in [-0.4, -0.2) is 22.5 Å². The van der Waals surface area contributed by atoms with Crippen molar-refractivity contribution in [3.8, 4) is 0 Å². The summed E-state index contributed by atoms with van der Waals surface area (Å²) in [4.78, 5) is 19.7. The zero-order valence-electron chi connectivity index (χ0n) is 10.1. The molecule has 0 fully saturated rings. The Bertz CT molecular complexity index is 351. The Balaban J connectivity index is 2.67. The van der Waals surface area contributed by atoms with Crippen LogP contribution in [0.3, 0.4) is 0 Å². The molecule has 0 saturated heterocycles. The maximum atomic E-state index is 11.4. The van der Waals surface area contributed by atoms with E-state index in [1.54, 1.807) is 19.2 Å². The van der Waals surface area contributed by atoms with E-state index in [-0.39, 0.29) is 5.97 Å². The molecule has 0 bridgehead atoms. The fourth-order valence-electron chi connectivity index (χ4n) is 1.26. The number of carbonyl (C=O) groups is 1. The fraction of sp³-hybridized carbons (Fsp3) is 0.583. The largest absolute Gasteiger partial charge is 0.461 e. The van der Waals surface area contributed by atoms with E-state index in [1.807, 2.05) is 0 Å². The van der Waals surface area contributed by atoms with Gasteiger partial charge in [0.25, 0.3) is 0 Å². The van der Waals surface area contributed by atoms with E-state index < -0.39 is 0 Å². The predicted molar refractivity (Wildman–Crippen MR) is 61.1 cm³/mol. The molecular weight excluding hydrogens is 204 g/mol. The van der Waals surface area contributed by atoms with Crippen molar-refractivity contribution in [1.82, 2.24) is 9.97 Å². The number of esters is 1. The second-order valence-corrected chi connectivity index (χ2v) is 4.01. The first kappa shape index (κ1) is 12.6. The van der Waals surface area contributed by atoms with Crippen LogP contribution in [-0.2, 0) is 11.2 Å². The number of rotatable bonds is 5. The molecule has 0 amide bonds. The van der Waals surface area contributed by atoms with Crippen molar-refractivity contribution in [2.24, 2.45) is 5.92 Å². The summed E-state index contributed by atoms with van der Waals surface area (Å²) in [5.41, 5.74) is 0.343. The Morgan fingerprint density at radius 1 is 1.50 bits per heavy atom. The smallest absolute Gasteiger partial charge is 0.357 e. The molecule has 0 N–H and O–H groups in total. The van der Waals surface area contributed by atoms with Crippen LogP contribution in [0.5, 0.6) is 0 Å². The summed E-state index contributed by atoms with van der Waals surface area (Å²) >= 11 is 0. The molecule has 4 nitrogen and oxygen atoms in total. The van der Waals surface area contributed by atoms with Gasteiger partial charge in [0.15, 0.2) is 5.69 Å². The molecule has 0 spiro atoms. The van der Waals surface area contributed by atoms with Gasteiger partial charge in [-0.2, -0.15) is 0 Å². The summed E-state index contributed by atoms with van der Waals surface area (Å²) in [6.07, 6.45) is 3.42. The topological polar surface area (TPSA) is 52.1 Å². The molecule has 88 valence electrons. The minimum Gasteiger partial charge on any atom is -0.461 e. The molecule has 0 atom stereocenters. The molecular formula is C12H18N2O2. The fourth-order valence-corrected chi connectivity index (χ4v) is 1.26. The molecule has 0 aliphatic heterocycles. The van der Waals surface area contributed by atoms with Crippen molar-refractivity contribution in [3.05, 3.63) is 23.8 Å². The number of hydrogen-bond donors (Lipinski definition) is 0. The van der Waals surface area contributed by atoms with Crippen LogP contribution in [0.1, 0.15) is 43.5 Å². The highest BCUT2D eigenvalue weighted by molar-refractivity contribution is 5.87. The van der Waals surface area contributed by atoms with Gasteiger partial charge in [0.1, 0.15) is 5.82 Å². The van der Waals surface area contributed by atoms with Crippen molar-refractivity contribution in [2.75, 3.05) is 6.61 Å². The molecule has 0 aliphatic rings. The molecule has 0 saturated carbocycles. The van der Waals surface area contributed by atoms with Gasteiger partial charge in [-0.25, -0.2) is 14.8 Å². The van der Waals surface area contributed by atoms with Gasteiger partial charge >= 0.3 is 5.97 Å². The lowest BCUT2D eigenvalue weighted by molar-refractivity contribution is 0.0519. The van der Waals surface area contributed by atoms with Crippen LogP contribution in [0.4, 0.5) is 0 Å². The first-order valence-corrected chi connectivity index (χ1v) is 5.62. The summed E-state index contributed by atoms with van der Waals surface area (Å²) < 4.78 is 4.88. The second kappa shape index (κ2) is 6.20. The molecule has 16 heavy (non-hydrogen) atoms. The SMILES string of the molecule is CCOC(=O)c1ccnc(CCC(C)C)n1. The minimum absolute atomic E-state index is 0.343. The molecule has 1 rings (SSSR count). The zero-order chi connectivity index (χ0) is 12.0. The Kier molecular flexibility index (Phi) is 4.89. The maximum absolute atomic E-state index is 11.4. The van der Waals surface area contributed by atoms with Crippen LogP contribution < -0.4 is 0 Å². The van der Waals surface area contributed by atoms with Gasteiger partial charge < -0.3 is 4.74 Å². The minimum atomic E-state index is -0.379. The van der Waals surface area contributed by atoms with E-state index in [0.717, 1.165) is 12.8 Å². The van der Waals surface area contributed by atoms with Crippen molar-refractivity contribution in [2.45, 2.75) is 33.6 Å². The van der Waals surface area contributed by atoms with Crippen LogP contribution in [0.25, 0.3) is 0 Å². The highest BCUT2D eigenvalue weighted by atomic mass is 16.5. The first-order chi connectivity index (χ1) is 7.63. The molecule has 0 aliphatic carbocycles. The number of aromatic nitrogens is 2. The van der Waals surface area contributed by atoms with Gasteiger partial charge in [-0.1, -0.05) is 13.8 Å². The highest BCUT2D eigenvalue weighted by Gasteiger charge is 2.09. The Labute approximate surface area is 96.1 Å². The van der Waals surface area contributed by atoms with E-state index in [0.29, 0.717) is 24.0 Å². The maximum Gasteiger partial charge on any atom is 0.357 e. The summed E-state index contributed by atoms with van der Waals surface area (Å²) in [5.74, 6) is 0.935. The highest BCUT2D eigenvalue weighted by Crippen LogP contribution is 2.06. The van der Waals surface area contributed by atoms with E-state index in [1.165, 1.54) is 0 Å². The van der Waals surface area contributed by atoms with Gasteiger partial charge in [-0.05, 0) is 25.3 Å². The van der Waals surface area contributed by atoms with Crippen LogP contribution in [0.2, 0.25) is 0 Å². The number of ether oxygens (including phenoxy) is 1. The van der Waals surface area contributed by atoms with E-state index >= 15 is 0 Å². The predicted octanol–water partition coefficient (Wildman–Crippen LogP) is 2.24. The van der Waals surface area contributed by atoms with Crippen molar-refractivity contribution < 1.29 is 9.53 Å². The van der Waals surface area contributed by atoms with E-state index in [4.69, 9.17) is 4.74 Å².